The van der Waals surface area contributed by atoms with Gasteiger partial charge in [0.15, 0.2) is 0 Å². The summed E-state index contributed by atoms with van der Waals surface area (Å²) < 4.78 is 5.63. The highest BCUT2D eigenvalue weighted by atomic mass is 16.5. The van der Waals surface area contributed by atoms with E-state index in [2.05, 4.69) is 30.9 Å². The highest BCUT2D eigenvalue weighted by Crippen LogP contribution is 2.35. The van der Waals surface area contributed by atoms with Gasteiger partial charge in [0.05, 0.1) is 18.3 Å². The fourth-order valence-electron chi connectivity index (χ4n) is 1.96. The third-order valence-corrected chi connectivity index (χ3v) is 3.22. The van der Waals surface area contributed by atoms with E-state index in [1.165, 1.54) is 5.56 Å². The lowest BCUT2D eigenvalue weighted by Crippen LogP contribution is -2.42. The number of likely N-dealkylation sites (N-methyl/N-ethyl adjacent to an activating group) is 1. The Labute approximate surface area is 96.6 Å². The summed E-state index contributed by atoms with van der Waals surface area (Å²) in [5.41, 5.74) is 2.38. The summed E-state index contributed by atoms with van der Waals surface area (Å²) in [6.45, 7) is 5.03. The smallest absolute Gasteiger partial charge is 0.142 e. The molecule has 1 aliphatic heterocycles. The van der Waals surface area contributed by atoms with Gasteiger partial charge in [-0.15, -0.1) is 0 Å². The van der Waals surface area contributed by atoms with E-state index in [9.17, 15) is 5.11 Å². The lowest BCUT2D eigenvalue weighted by molar-refractivity contribution is 0.191. The molecule has 0 aliphatic carbocycles. The van der Waals surface area contributed by atoms with E-state index < -0.39 is 0 Å². The van der Waals surface area contributed by atoms with Gasteiger partial charge in [-0.3, -0.25) is 0 Å². The lowest BCUT2D eigenvalue weighted by Gasteiger charge is -2.35. The zero-order chi connectivity index (χ0) is 11.7. The number of hydrogen-bond donors (Lipinski definition) is 1. The second-order valence-corrected chi connectivity index (χ2v) is 4.64. The van der Waals surface area contributed by atoms with Crippen molar-refractivity contribution in [1.82, 2.24) is 0 Å². The van der Waals surface area contributed by atoms with E-state index in [1.54, 1.807) is 0 Å². The first-order chi connectivity index (χ1) is 7.63. The molecule has 2 rings (SSSR count). The van der Waals surface area contributed by atoms with Crippen LogP contribution in [-0.2, 0) is 0 Å². The zero-order valence-corrected chi connectivity index (χ0v) is 10.1. The van der Waals surface area contributed by atoms with Crippen LogP contribution in [-0.4, -0.2) is 31.4 Å². The van der Waals surface area contributed by atoms with Crippen LogP contribution in [0.15, 0.2) is 18.2 Å². The predicted molar refractivity (Wildman–Crippen MR) is 65.3 cm³/mol. The van der Waals surface area contributed by atoms with Gasteiger partial charge in [0.1, 0.15) is 12.4 Å². The Morgan fingerprint density at radius 1 is 1.50 bits per heavy atom. The van der Waals surface area contributed by atoms with Gasteiger partial charge in [-0.1, -0.05) is 19.9 Å². The van der Waals surface area contributed by atoms with Crippen LogP contribution >= 0.6 is 0 Å². The predicted octanol–water partition coefficient (Wildman–Crippen LogP) is 2.00. The van der Waals surface area contributed by atoms with Crippen LogP contribution in [0.5, 0.6) is 5.75 Å². The maximum absolute atomic E-state index is 9.24. The van der Waals surface area contributed by atoms with Crippen LogP contribution in [0.2, 0.25) is 0 Å². The maximum atomic E-state index is 9.24. The van der Waals surface area contributed by atoms with Gasteiger partial charge in [-0.25, -0.2) is 0 Å². The first-order valence-electron chi connectivity index (χ1n) is 5.74. The Bertz CT molecular complexity index is 376. The van der Waals surface area contributed by atoms with Crippen molar-refractivity contribution in [1.29, 1.82) is 0 Å². The van der Waals surface area contributed by atoms with Crippen LogP contribution in [0.1, 0.15) is 25.3 Å². The number of fused-ring (bicyclic) bond motifs is 1. The molecule has 1 unspecified atom stereocenters. The summed E-state index contributed by atoms with van der Waals surface area (Å²) in [5.74, 6) is 1.42. The number of aliphatic hydroxyl groups is 1. The summed E-state index contributed by atoms with van der Waals surface area (Å²) in [4.78, 5) is 2.10. The molecule has 1 aromatic rings. The van der Waals surface area contributed by atoms with Gasteiger partial charge in [0.2, 0.25) is 0 Å². The number of nitrogens with zero attached hydrogens (tertiary/aromatic N) is 1. The fraction of sp³-hybridized carbons (Fsp3) is 0.538. The van der Waals surface area contributed by atoms with E-state index in [0.717, 1.165) is 11.4 Å². The lowest BCUT2D eigenvalue weighted by atomic mass is 10.0. The van der Waals surface area contributed by atoms with Crippen molar-refractivity contribution in [2.45, 2.75) is 25.8 Å². The Kier molecular flexibility index (Phi) is 3.06. The topological polar surface area (TPSA) is 32.7 Å². The SMILES string of the molecule is CC(C)c1ccc2c(c1)N(C)C(CO)CO2. The number of aliphatic hydroxyl groups excluding tert-OH is 1. The highest BCUT2D eigenvalue weighted by molar-refractivity contribution is 5.62. The van der Waals surface area contributed by atoms with E-state index in [4.69, 9.17) is 4.74 Å². The summed E-state index contributed by atoms with van der Waals surface area (Å²) in [6, 6.07) is 6.35. The largest absolute Gasteiger partial charge is 0.489 e. The molecule has 1 heterocycles. The Hall–Kier alpha value is -1.22. The van der Waals surface area contributed by atoms with Gasteiger partial charge in [-0.2, -0.15) is 0 Å². The molecule has 0 spiro atoms. The van der Waals surface area contributed by atoms with Gasteiger partial charge >= 0.3 is 0 Å². The second kappa shape index (κ2) is 4.34. The normalized spacial score (nSPS) is 19.6. The molecule has 0 amide bonds. The van der Waals surface area contributed by atoms with Gasteiger partial charge in [-0.05, 0) is 23.6 Å². The van der Waals surface area contributed by atoms with Crippen molar-refractivity contribution in [3.63, 3.8) is 0 Å². The molecule has 1 atom stereocenters. The van der Waals surface area contributed by atoms with Crippen molar-refractivity contribution < 1.29 is 9.84 Å². The summed E-state index contributed by atoms with van der Waals surface area (Å²) in [6.07, 6.45) is 0. The maximum Gasteiger partial charge on any atom is 0.142 e. The number of anilines is 1. The monoisotopic (exact) mass is 221 g/mol. The molecular formula is C13H19NO2. The first-order valence-corrected chi connectivity index (χ1v) is 5.74. The minimum atomic E-state index is 0.0647. The molecular weight excluding hydrogens is 202 g/mol. The molecule has 3 nitrogen and oxygen atoms in total. The third-order valence-electron chi connectivity index (χ3n) is 3.22. The van der Waals surface area contributed by atoms with Crippen molar-refractivity contribution in [2.75, 3.05) is 25.2 Å². The highest BCUT2D eigenvalue weighted by Gasteiger charge is 2.24. The van der Waals surface area contributed by atoms with E-state index in [0.29, 0.717) is 12.5 Å². The molecule has 1 aromatic carbocycles. The van der Waals surface area contributed by atoms with Crippen molar-refractivity contribution in [3.8, 4) is 5.75 Å². The summed E-state index contributed by atoms with van der Waals surface area (Å²) >= 11 is 0. The second-order valence-electron chi connectivity index (χ2n) is 4.64. The van der Waals surface area contributed by atoms with Crippen LogP contribution in [0, 0.1) is 0 Å². The minimum Gasteiger partial charge on any atom is -0.489 e. The van der Waals surface area contributed by atoms with Crippen molar-refractivity contribution in [2.24, 2.45) is 0 Å². The molecule has 0 fully saturated rings. The average molecular weight is 221 g/mol. The molecule has 3 heteroatoms. The number of hydrogen-bond acceptors (Lipinski definition) is 3. The standard InChI is InChI=1S/C13H19NO2/c1-9(2)10-4-5-13-12(6-10)14(3)11(7-15)8-16-13/h4-6,9,11,15H,7-8H2,1-3H3. The number of benzene rings is 1. The quantitative estimate of drug-likeness (QED) is 0.829. The fourth-order valence-corrected chi connectivity index (χ4v) is 1.96. The van der Waals surface area contributed by atoms with Crippen molar-refractivity contribution >= 4 is 5.69 Å². The summed E-state index contributed by atoms with van der Waals surface area (Å²) in [5, 5.41) is 9.24. The minimum absolute atomic E-state index is 0.0647. The van der Waals surface area contributed by atoms with Crippen LogP contribution in [0.25, 0.3) is 0 Å². The van der Waals surface area contributed by atoms with Crippen LogP contribution in [0.3, 0.4) is 0 Å². The molecule has 0 bridgehead atoms. The Balaban J connectivity index is 2.36. The van der Waals surface area contributed by atoms with Gasteiger partial charge in [0, 0.05) is 7.05 Å². The van der Waals surface area contributed by atoms with Crippen LogP contribution in [0.4, 0.5) is 5.69 Å². The Morgan fingerprint density at radius 3 is 2.88 bits per heavy atom. The van der Waals surface area contributed by atoms with Gasteiger partial charge < -0.3 is 14.7 Å². The Morgan fingerprint density at radius 2 is 2.25 bits per heavy atom. The molecule has 0 saturated heterocycles. The number of ether oxygens (including phenoxy) is 1. The molecule has 0 saturated carbocycles. The molecule has 16 heavy (non-hydrogen) atoms. The molecule has 88 valence electrons. The molecule has 0 aromatic heterocycles. The molecule has 1 N–H and O–H groups in total. The summed E-state index contributed by atoms with van der Waals surface area (Å²) in [7, 11) is 2.01. The third kappa shape index (κ3) is 1.87. The molecule has 0 radical (unpaired) electrons. The van der Waals surface area contributed by atoms with E-state index in [-0.39, 0.29) is 12.6 Å². The number of rotatable bonds is 2. The van der Waals surface area contributed by atoms with E-state index in [1.807, 2.05) is 13.1 Å². The zero-order valence-electron chi connectivity index (χ0n) is 10.1. The molecule has 1 aliphatic rings. The average Bonchev–Trinajstić information content (AvgIpc) is 2.29. The van der Waals surface area contributed by atoms with Gasteiger partial charge in [0.25, 0.3) is 0 Å². The first kappa shape index (κ1) is 11.3. The van der Waals surface area contributed by atoms with Crippen LogP contribution < -0.4 is 9.64 Å². The van der Waals surface area contributed by atoms with Crippen molar-refractivity contribution in [3.05, 3.63) is 23.8 Å². The van der Waals surface area contributed by atoms with E-state index >= 15 is 0 Å².